The van der Waals surface area contributed by atoms with Crippen LogP contribution >= 0.6 is 0 Å². The lowest BCUT2D eigenvalue weighted by Crippen LogP contribution is -2.29. The first-order valence-corrected chi connectivity index (χ1v) is 6.26. The molecule has 0 aliphatic carbocycles. The summed E-state index contributed by atoms with van der Waals surface area (Å²) < 4.78 is 0. The van der Waals surface area contributed by atoms with Crippen molar-refractivity contribution in [2.45, 2.75) is 13.8 Å². The van der Waals surface area contributed by atoms with Crippen molar-refractivity contribution in [2.24, 2.45) is 11.7 Å². The summed E-state index contributed by atoms with van der Waals surface area (Å²) in [6, 6.07) is 8.25. The van der Waals surface area contributed by atoms with Crippen LogP contribution in [0.1, 0.15) is 12.6 Å². The molecule has 2 aromatic rings. The van der Waals surface area contributed by atoms with E-state index in [-0.39, 0.29) is 0 Å². The quantitative estimate of drug-likeness (QED) is 0.893. The van der Waals surface area contributed by atoms with Gasteiger partial charge in [-0.05, 0) is 19.4 Å². The maximum Gasteiger partial charge on any atom is 0.158 e. The Balaban J connectivity index is 2.42. The molecule has 2 N–H and O–H groups in total. The van der Waals surface area contributed by atoms with E-state index in [1.54, 1.807) is 0 Å². The fourth-order valence-electron chi connectivity index (χ4n) is 2.13. The lowest BCUT2D eigenvalue weighted by atomic mass is 10.1. The van der Waals surface area contributed by atoms with Crippen LogP contribution in [0, 0.1) is 12.8 Å². The number of anilines is 1. The highest BCUT2D eigenvalue weighted by Crippen LogP contribution is 2.24. The average Bonchev–Trinajstić information content (AvgIpc) is 2.39. The lowest BCUT2D eigenvalue weighted by Gasteiger charge is -2.22. The second-order valence-electron chi connectivity index (χ2n) is 4.88. The van der Waals surface area contributed by atoms with Gasteiger partial charge in [0.2, 0.25) is 0 Å². The number of aromatic nitrogens is 2. The minimum atomic E-state index is 0.442. The molecule has 0 saturated heterocycles. The highest BCUT2D eigenvalue weighted by Gasteiger charge is 2.12. The van der Waals surface area contributed by atoms with Gasteiger partial charge in [-0.3, -0.25) is 0 Å². The molecule has 0 fully saturated rings. The average molecular weight is 244 g/mol. The fourth-order valence-corrected chi connectivity index (χ4v) is 2.13. The van der Waals surface area contributed by atoms with Gasteiger partial charge >= 0.3 is 0 Å². The number of fused-ring (bicyclic) bond motifs is 1. The molecular weight excluding hydrogens is 224 g/mol. The summed E-state index contributed by atoms with van der Waals surface area (Å²) >= 11 is 0. The number of nitrogens with two attached hydrogens (primary N) is 1. The smallest absolute Gasteiger partial charge is 0.158 e. The minimum absolute atomic E-state index is 0.442. The SMILES string of the molecule is Cc1nnc(N(C)CC(C)CN)c2ccccc12. The van der Waals surface area contributed by atoms with E-state index in [0.717, 1.165) is 28.8 Å². The van der Waals surface area contributed by atoms with Gasteiger partial charge in [0.05, 0.1) is 5.69 Å². The predicted molar refractivity (Wildman–Crippen MR) is 75.8 cm³/mol. The summed E-state index contributed by atoms with van der Waals surface area (Å²) in [6.45, 7) is 5.70. The van der Waals surface area contributed by atoms with Crippen molar-refractivity contribution in [1.29, 1.82) is 0 Å². The summed E-state index contributed by atoms with van der Waals surface area (Å²) in [7, 11) is 2.04. The Morgan fingerprint density at radius 1 is 1.22 bits per heavy atom. The topological polar surface area (TPSA) is 55.0 Å². The zero-order valence-electron chi connectivity index (χ0n) is 11.2. The van der Waals surface area contributed by atoms with Crippen LogP contribution in [-0.2, 0) is 0 Å². The minimum Gasteiger partial charge on any atom is -0.357 e. The highest BCUT2D eigenvalue weighted by molar-refractivity contribution is 5.93. The van der Waals surface area contributed by atoms with Crippen molar-refractivity contribution >= 4 is 16.6 Å². The molecule has 1 unspecified atom stereocenters. The number of rotatable bonds is 4. The van der Waals surface area contributed by atoms with E-state index in [4.69, 9.17) is 5.73 Å². The maximum absolute atomic E-state index is 5.67. The van der Waals surface area contributed by atoms with Gasteiger partial charge in [0, 0.05) is 24.4 Å². The van der Waals surface area contributed by atoms with Crippen LogP contribution in [0.5, 0.6) is 0 Å². The van der Waals surface area contributed by atoms with Gasteiger partial charge in [-0.15, -0.1) is 5.10 Å². The van der Waals surface area contributed by atoms with Gasteiger partial charge in [0.15, 0.2) is 5.82 Å². The number of benzene rings is 1. The summed E-state index contributed by atoms with van der Waals surface area (Å²) in [5.74, 6) is 1.37. The first kappa shape index (κ1) is 12.8. The van der Waals surface area contributed by atoms with Crippen LogP contribution in [0.4, 0.5) is 5.82 Å². The van der Waals surface area contributed by atoms with Crippen molar-refractivity contribution in [3.8, 4) is 0 Å². The number of nitrogens with zero attached hydrogens (tertiary/aromatic N) is 3. The van der Waals surface area contributed by atoms with Gasteiger partial charge in [-0.25, -0.2) is 0 Å². The molecular formula is C14H20N4. The van der Waals surface area contributed by atoms with Gasteiger partial charge in [-0.1, -0.05) is 31.2 Å². The standard InChI is InChI=1S/C14H20N4/c1-10(8-15)9-18(3)14-13-7-5-4-6-12(13)11(2)16-17-14/h4-7,10H,8-9,15H2,1-3H3. The van der Waals surface area contributed by atoms with Crippen molar-refractivity contribution in [3.63, 3.8) is 0 Å². The number of hydrogen-bond donors (Lipinski definition) is 1. The monoisotopic (exact) mass is 244 g/mol. The first-order chi connectivity index (χ1) is 8.63. The molecule has 0 spiro atoms. The zero-order valence-corrected chi connectivity index (χ0v) is 11.2. The zero-order chi connectivity index (χ0) is 13.1. The van der Waals surface area contributed by atoms with E-state index in [9.17, 15) is 0 Å². The molecule has 2 rings (SSSR count). The fraction of sp³-hybridized carbons (Fsp3) is 0.429. The van der Waals surface area contributed by atoms with Gasteiger partial charge in [0.1, 0.15) is 0 Å². The van der Waals surface area contributed by atoms with Gasteiger partial charge < -0.3 is 10.6 Å². The van der Waals surface area contributed by atoms with Crippen LogP contribution in [0.15, 0.2) is 24.3 Å². The first-order valence-electron chi connectivity index (χ1n) is 6.26. The van der Waals surface area contributed by atoms with E-state index < -0.39 is 0 Å². The summed E-state index contributed by atoms with van der Waals surface area (Å²) in [4.78, 5) is 2.13. The van der Waals surface area contributed by atoms with E-state index in [0.29, 0.717) is 12.5 Å². The van der Waals surface area contributed by atoms with Crippen molar-refractivity contribution in [3.05, 3.63) is 30.0 Å². The normalized spacial score (nSPS) is 12.7. The van der Waals surface area contributed by atoms with E-state index in [2.05, 4.69) is 34.2 Å². The molecule has 1 aromatic carbocycles. The molecule has 18 heavy (non-hydrogen) atoms. The molecule has 0 radical (unpaired) electrons. The van der Waals surface area contributed by atoms with Crippen LogP contribution < -0.4 is 10.6 Å². The molecule has 1 aromatic heterocycles. The third-order valence-electron chi connectivity index (χ3n) is 3.20. The van der Waals surface area contributed by atoms with E-state index in [1.807, 2.05) is 26.1 Å². The molecule has 0 amide bonds. The van der Waals surface area contributed by atoms with Crippen LogP contribution in [0.3, 0.4) is 0 Å². The Labute approximate surface area is 108 Å². The highest BCUT2D eigenvalue weighted by atomic mass is 15.2. The number of aryl methyl sites for hydroxylation is 1. The van der Waals surface area contributed by atoms with E-state index in [1.165, 1.54) is 0 Å². The summed E-state index contributed by atoms with van der Waals surface area (Å²) in [5, 5.41) is 10.9. The Morgan fingerprint density at radius 2 is 1.89 bits per heavy atom. The second kappa shape index (κ2) is 5.31. The van der Waals surface area contributed by atoms with Crippen molar-refractivity contribution < 1.29 is 0 Å². The van der Waals surface area contributed by atoms with Crippen LogP contribution in [0.25, 0.3) is 10.8 Å². The van der Waals surface area contributed by atoms with E-state index >= 15 is 0 Å². The van der Waals surface area contributed by atoms with Crippen molar-refractivity contribution in [2.75, 3.05) is 25.0 Å². The van der Waals surface area contributed by atoms with Crippen LogP contribution in [0.2, 0.25) is 0 Å². The molecule has 0 saturated carbocycles. The Kier molecular flexibility index (Phi) is 3.77. The molecule has 1 heterocycles. The molecule has 4 nitrogen and oxygen atoms in total. The number of hydrogen-bond acceptors (Lipinski definition) is 4. The maximum atomic E-state index is 5.67. The molecule has 0 aliphatic heterocycles. The van der Waals surface area contributed by atoms with Crippen LogP contribution in [-0.4, -0.2) is 30.3 Å². The molecule has 1 atom stereocenters. The lowest BCUT2D eigenvalue weighted by molar-refractivity contribution is 0.587. The Hall–Kier alpha value is -1.68. The summed E-state index contributed by atoms with van der Waals surface area (Å²) in [6.07, 6.45) is 0. The van der Waals surface area contributed by atoms with Gasteiger partial charge in [-0.2, -0.15) is 5.10 Å². The third-order valence-corrected chi connectivity index (χ3v) is 3.20. The Morgan fingerprint density at radius 3 is 2.56 bits per heavy atom. The molecule has 0 aliphatic rings. The Bertz CT molecular complexity index is 538. The molecule has 4 heteroatoms. The largest absolute Gasteiger partial charge is 0.357 e. The third kappa shape index (κ3) is 2.43. The second-order valence-corrected chi connectivity index (χ2v) is 4.88. The molecule has 96 valence electrons. The van der Waals surface area contributed by atoms with Crippen molar-refractivity contribution in [1.82, 2.24) is 10.2 Å². The summed E-state index contributed by atoms with van der Waals surface area (Å²) in [5.41, 5.74) is 6.64. The molecule has 0 bridgehead atoms. The predicted octanol–water partition coefficient (Wildman–Crippen LogP) is 1.97. The van der Waals surface area contributed by atoms with Gasteiger partial charge in [0.25, 0.3) is 0 Å².